The summed E-state index contributed by atoms with van der Waals surface area (Å²) in [7, 11) is 0. The first-order valence-corrected chi connectivity index (χ1v) is 10.3. The van der Waals surface area contributed by atoms with Crippen LogP contribution in [0, 0.1) is 5.92 Å². The number of aromatic nitrogens is 2. The standard InChI is InChI=1S/C20H28N4O2S/c1-20(2,3)26-19(25)23-12-15-7-10-24(11-8-15)14-16-13-22-18(27-16)17-6-4-5-9-21-17/h4-6,9,13,15H,7-8,10-12,14H2,1-3H3,(H,23,25). The Hall–Kier alpha value is -1.99. The Morgan fingerprint density at radius 1 is 1.30 bits per heavy atom. The van der Waals surface area contributed by atoms with Gasteiger partial charge in [0.15, 0.2) is 0 Å². The van der Waals surface area contributed by atoms with Gasteiger partial charge in [-0.3, -0.25) is 9.88 Å². The van der Waals surface area contributed by atoms with Crippen molar-refractivity contribution in [1.29, 1.82) is 0 Å². The molecule has 3 heterocycles. The predicted octanol–water partition coefficient (Wildman–Crippen LogP) is 3.94. The number of ether oxygens (including phenoxy) is 1. The molecule has 0 atom stereocenters. The largest absolute Gasteiger partial charge is 0.444 e. The van der Waals surface area contributed by atoms with Crippen LogP contribution in [0.3, 0.4) is 0 Å². The third-order valence-electron chi connectivity index (χ3n) is 4.46. The van der Waals surface area contributed by atoms with Crippen LogP contribution in [0.2, 0.25) is 0 Å². The summed E-state index contributed by atoms with van der Waals surface area (Å²) in [4.78, 5) is 24.4. The number of thiazole rings is 1. The Labute approximate surface area is 165 Å². The number of rotatable bonds is 5. The van der Waals surface area contributed by atoms with Gasteiger partial charge in [0.05, 0.1) is 5.69 Å². The smallest absolute Gasteiger partial charge is 0.407 e. The van der Waals surface area contributed by atoms with Gasteiger partial charge in [-0.05, 0) is 64.8 Å². The highest BCUT2D eigenvalue weighted by molar-refractivity contribution is 7.14. The molecule has 27 heavy (non-hydrogen) atoms. The van der Waals surface area contributed by atoms with E-state index in [0.29, 0.717) is 12.5 Å². The molecule has 0 unspecified atom stereocenters. The topological polar surface area (TPSA) is 67.3 Å². The van der Waals surface area contributed by atoms with Crippen LogP contribution in [0.4, 0.5) is 4.79 Å². The van der Waals surface area contributed by atoms with Crippen molar-refractivity contribution in [3.63, 3.8) is 0 Å². The van der Waals surface area contributed by atoms with E-state index in [4.69, 9.17) is 4.74 Å². The number of carbonyl (C=O) groups is 1. The fraction of sp³-hybridized carbons (Fsp3) is 0.550. The summed E-state index contributed by atoms with van der Waals surface area (Å²) in [5.41, 5.74) is 0.483. The van der Waals surface area contributed by atoms with E-state index in [1.807, 2.05) is 45.2 Å². The maximum Gasteiger partial charge on any atom is 0.407 e. The second kappa shape index (κ2) is 8.80. The van der Waals surface area contributed by atoms with E-state index >= 15 is 0 Å². The number of piperidine rings is 1. The lowest BCUT2D eigenvalue weighted by Crippen LogP contribution is -2.39. The van der Waals surface area contributed by atoms with Crippen LogP contribution in [0.1, 0.15) is 38.5 Å². The van der Waals surface area contributed by atoms with E-state index < -0.39 is 5.60 Å². The van der Waals surface area contributed by atoms with Crippen molar-refractivity contribution >= 4 is 17.4 Å². The molecule has 0 saturated carbocycles. The van der Waals surface area contributed by atoms with Gasteiger partial charge in [-0.1, -0.05) is 6.07 Å². The number of alkyl carbamates (subject to hydrolysis) is 1. The first-order valence-electron chi connectivity index (χ1n) is 9.44. The van der Waals surface area contributed by atoms with Crippen molar-refractivity contribution in [2.24, 2.45) is 5.92 Å². The molecule has 7 heteroatoms. The molecule has 2 aromatic heterocycles. The van der Waals surface area contributed by atoms with Gasteiger partial charge in [-0.15, -0.1) is 11.3 Å². The van der Waals surface area contributed by atoms with Crippen molar-refractivity contribution < 1.29 is 9.53 Å². The normalized spacial score (nSPS) is 16.3. The highest BCUT2D eigenvalue weighted by Gasteiger charge is 2.22. The first kappa shape index (κ1) is 19.8. The lowest BCUT2D eigenvalue weighted by atomic mass is 9.97. The Balaban J connectivity index is 1.41. The van der Waals surface area contributed by atoms with Crippen LogP contribution in [-0.4, -0.2) is 46.2 Å². The van der Waals surface area contributed by atoms with E-state index in [1.54, 1.807) is 17.5 Å². The van der Waals surface area contributed by atoms with Crippen molar-refractivity contribution in [2.45, 2.75) is 45.8 Å². The number of nitrogens with one attached hydrogen (secondary N) is 1. The summed E-state index contributed by atoms with van der Waals surface area (Å²) in [6, 6.07) is 5.89. The van der Waals surface area contributed by atoms with Gasteiger partial charge in [0.2, 0.25) is 0 Å². The lowest BCUT2D eigenvalue weighted by molar-refractivity contribution is 0.0509. The van der Waals surface area contributed by atoms with Crippen molar-refractivity contribution in [3.05, 3.63) is 35.5 Å². The molecule has 0 aromatic carbocycles. The zero-order valence-electron chi connectivity index (χ0n) is 16.3. The van der Waals surface area contributed by atoms with E-state index in [1.165, 1.54) is 4.88 Å². The Bertz CT molecular complexity index is 734. The van der Waals surface area contributed by atoms with Crippen LogP contribution < -0.4 is 5.32 Å². The van der Waals surface area contributed by atoms with Crippen LogP contribution in [0.25, 0.3) is 10.7 Å². The highest BCUT2D eigenvalue weighted by Crippen LogP contribution is 2.25. The molecule has 1 N–H and O–H groups in total. The predicted molar refractivity (Wildman–Crippen MR) is 108 cm³/mol. The van der Waals surface area contributed by atoms with E-state index in [2.05, 4.69) is 20.2 Å². The third-order valence-corrected chi connectivity index (χ3v) is 5.46. The number of nitrogens with zero attached hydrogens (tertiary/aromatic N) is 3. The molecule has 1 aliphatic heterocycles. The molecular weight excluding hydrogens is 360 g/mol. The molecule has 0 bridgehead atoms. The minimum Gasteiger partial charge on any atom is -0.444 e. The molecule has 0 aliphatic carbocycles. The van der Waals surface area contributed by atoms with Gasteiger partial charge in [0.1, 0.15) is 10.6 Å². The summed E-state index contributed by atoms with van der Waals surface area (Å²) in [5.74, 6) is 0.513. The van der Waals surface area contributed by atoms with E-state index in [0.717, 1.165) is 43.2 Å². The third kappa shape index (κ3) is 6.29. The fourth-order valence-corrected chi connectivity index (χ4v) is 4.03. The second-order valence-electron chi connectivity index (χ2n) is 7.95. The summed E-state index contributed by atoms with van der Waals surface area (Å²) in [6.45, 7) is 9.33. The molecule has 1 fully saturated rings. The Morgan fingerprint density at radius 2 is 2.07 bits per heavy atom. The Kier molecular flexibility index (Phi) is 6.44. The zero-order valence-corrected chi connectivity index (χ0v) is 17.1. The Morgan fingerprint density at radius 3 is 2.74 bits per heavy atom. The maximum absolute atomic E-state index is 11.8. The summed E-state index contributed by atoms with van der Waals surface area (Å²) in [6.07, 6.45) is 5.61. The van der Waals surface area contributed by atoms with Gasteiger partial charge in [0.25, 0.3) is 0 Å². The second-order valence-corrected chi connectivity index (χ2v) is 9.06. The van der Waals surface area contributed by atoms with Gasteiger partial charge in [0, 0.05) is 30.4 Å². The first-order chi connectivity index (χ1) is 12.9. The molecular formula is C20H28N4O2S. The van der Waals surface area contributed by atoms with Gasteiger partial charge < -0.3 is 10.1 Å². The molecule has 1 saturated heterocycles. The average Bonchev–Trinajstić information content (AvgIpc) is 3.09. The molecule has 3 rings (SSSR count). The molecule has 0 spiro atoms. The summed E-state index contributed by atoms with van der Waals surface area (Å²) >= 11 is 1.71. The quantitative estimate of drug-likeness (QED) is 0.840. The van der Waals surface area contributed by atoms with Crippen molar-refractivity contribution in [2.75, 3.05) is 19.6 Å². The number of pyridine rings is 1. The minimum absolute atomic E-state index is 0.323. The number of hydrogen-bond donors (Lipinski definition) is 1. The average molecular weight is 389 g/mol. The molecule has 2 aromatic rings. The lowest BCUT2D eigenvalue weighted by Gasteiger charge is -2.31. The number of likely N-dealkylation sites (tertiary alicyclic amines) is 1. The number of carbonyl (C=O) groups excluding carboxylic acids is 1. The molecule has 6 nitrogen and oxygen atoms in total. The van der Waals surface area contributed by atoms with E-state index in [-0.39, 0.29) is 6.09 Å². The number of amides is 1. The fourth-order valence-electron chi connectivity index (χ4n) is 3.10. The SMILES string of the molecule is CC(C)(C)OC(=O)NCC1CCN(Cc2cnc(-c3ccccn3)s2)CC1. The minimum atomic E-state index is -0.448. The van der Waals surface area contributed by atoms with Crippen LogP contribution in [0.5, 0.6) is 0 Å². The van der Waals surface area contributed by atoms with Crippen LogP contribution in [-0.2, 0) is 11.3 Å². The summed E-state index contributed by atoms with van der Waals surface area (Å²) < 4.78 is 5.30. The van der Waals surface area contributed by atoms with Crippen LogP contribution in [0.15, 0.2) is 30.6 Å². The number of hydrogen-bond acceptors (Lipinski definition) is 6. The molecule has 1 aliphatic rings. The van der Waals surface area contributed by atoms with Gasteiger partial charge in [-0.2, -0.15) is 0 Å². The highest BCUT2D eigenvalue weighted by atomic mass is 32.1. The van der Waals surface area contributed by atoms with E-state index in [9.17, 15) is 4.79 Å². The molecule has 1 amide bonds. The van der Waals surface area contributed by atoms with Crippen molar-refractivity contribution in [3.8, 4) is 10.7 Å². The monoisotopic (exact) mass is 388 g/mol. The zero-order chi connectivity index (χ0) is 19.3. The maximum atomic E-state index is 11.8. The van der Waals surface area contributed by atoms with Gasteiger partial charge in [-0.25, -0.2) is 9.78 Å². The van der Waals surface area contributed by atoms with Crippen LogP contribution >= 0.6 is 11.3 Å². The molecule has 0 radical (unpaired) electrons. The molecule has 146 valence electrons. The van der Waals surface area contributed by atoms with Gasteiger partial charge >= 0.3 is 6.09 Å². The summed E-state index contributed by atoms with van der Waals surface area (Å²) in [5, 5.41) is 3.87. The van der Waals surface area contributed by atoms with Crippen molar-refractivity contribution in [1.82, 2.24) is 20.2 Å².